The number of carbonyl (C=O) groups excluding carboxylic acids is 1. The molecule has 0 aromatic heterocycles. The lowest BCUT2D eigenvalue weighted by atomic mass is 10.1. The van der Waals surface area contributed by atoms with Crippen LogP contribution in [0.25, 0.3) is 0 Å². The molecule has 2 aromatic carbocycles. The van der Waals surface area contributed by atoms with Gasteiger partial charge >= 0.3 is 0 Å². The zero-order chi connectivity index (χ0) is 18.2. The van der Waals surface area contributed by atoms with Crippen LogP contribution in [0.3, 0.4) is 0 Å². The van der Waals surface area contributed by atoms with E-state index in [4.69, 9.17) is 0 Å². The molecule has 0 radical (unpaired) electrons. The van der Waals surface area contributed by atoms with Crippen LogP contribution in [-0.2, 0) is 17.8 Å². The van der Waals surface area contributed by atoms with Crippen molar-refractivity contribution in [1.29, 1.82) is 0 Å². The number of hydrogen-bond donors (Lipinski definition) is 1. The first-order valence-corrected chi connectivity index (χ1v) is 9.50. The van der Waals surface area contributed by atoms with Crippen LogP contribution in [0.1, 0.15) is 16.7 Å². The minimum Gasteiger partial charge on any atom is -0.355 e. The first-order chi connectivity index (χ1) is 12.7. The Morgan fingerprint density at radius 1 is 0.923 bits per heavy atom. The number of carbonyl (C=O) groups is 1. The molecule has 0 bridgehead atoms. The van der Waals surface area contributed by atoms with E-state index in [2.05, 4.69) is 76.6 Å². The second-order valence-corrected chi connectivity index (χ2v) is 7.06. The molecular formula is C22H29N3O. The number of aryl methyl sites for hydroxylation is 1. The minimum atomic E-state index is 0.134. The third-order valence-corrected chi connectivity index (χ3v) is 5.06. The molecular weight excluding hydrogens is 322 g/mol. The van der Waals surface area contributed by atoms with Crippen molar-refractivity contribution in [2.45, 2.75) is 19.9 Å². The lowest BCUT2D eigenvalue weighted by Gasteiger charge is -2.34. The summed E-state index contributed by atoms with van der Waals surface area (Å²) in [5.41, 5.74) is 3.95. The Morgan fingerprint density at radius 3 is 2.31 bits per heavy atom. The lowest BCUT2D eigenvalue weighted by molar-refractivity contribution is -0.122. The van der Waals surface area contributed by atoms with Gasteiger partial charge in [0.15, 0.2) is 0 Å². The van der Waals surface area contributed by atoms with Crippen molar-refractivity contribution < 1.29 is 4.79 Å². The zero-order valence-corrected chi connectivity index (χ0v) is 15.7. The molecule has 0 saturated carbocycles. The van der Waals surface area contributed by atoms with Gasteiger partial charge in [0, 0.05) is 39.3 Å². The van der Waals surface area contributed by atoms with E-state index >= 15 is 0 Å². The number of piperazine rings is 1. The molecule has 2 aromatic rings. The predicted molar refractivity (Wildman–Crippen MR) is 106 cm³/mol. The molecule has 4 nitrogen and oxygen atoms in total. The molecule has 3 rings (SSSR count). The highest BCUT2D eigenvalue weighted by molar-refractivity contribution is 5.78. The van der Waals surface area contributed by atoms with Crippen LogP contribution in [0, 0.1) is 6.92 Å². The van der Waals surface area contributed by atoms with Gasteiger partial charge in [-0.1, -0.05) is 54.6 Å². The molecule has 26 heavy (non-hydrogen) atoms. The van der Waals surface area contributed by atoms with E-state index in [1.165, 1.54) is 16.7 Å². The fraction of sp³-hybridized carbons (Fsp3) is 0.409. The highest BCUT2D eigenvalue weighted by Gasteiger charge is 2.18. The number of amides is 1. The van der Waals surface area contributed by atoms with Gasteiger partial charge in [-0.15, -0.1) is 0 Å². The van der Waals surface area contributed by atoms with Crippen molar-refractivity contribution >= 4 is 5.91 Å². The van der Waals surface area contributed by atoms with Gasteiger partial charge in [-0.2, -0.15) is 0 Å². The Bertz CT molecular complexity index is 694. The average Bonchev–Trinajstić information content (AvgIpc) is 2.66. The summed E-state index contributed by atoms with van der Waals surface area (Å²) in [5, 5.41) is 3.06. The van der Waals surface area contributed by atoms with Crippen LogP contribution in [0.5, 0.6) is 0 Å². The molecule has 0 spiro atoms. The molecule has 1 aliphatic rings. The van der Waals surface area contributed by atoms with Crippen molar-refractivity contribution in [3.05, 3.63) is 71.3 Å². The maximum atomic E-state index is 12.2. The number of benzene rings is 2. The van der Waals surface area contributed by atoms with E-state index in [0.717, 1.165) is 39.1 Å². The third-order valence-electron chi connectivity index (χ3n) is 5.06. The third kappa shape index (κ3) is 5.68. The molecule has 0 aliphatic carbocycles. The van der Waals surface area contributed by atoms with Crippen LogP contribution in [0.4, 0.5) is 0 Å². The maximum absolute atomic E-state index is 12.2. The molecule has 1 aliphatic heterocycles. The number of nitrogens with zero attached hydrogens (tertiary/aromatic N) is 2. The topological polar surface area (TPSA) is 35.6 Å². The van der Waals surface area contributed by atoms with Gasteiger partial charge in [0.25, 0.3) is 0 Å². The molecule has 0 atom stereocenters. The Morgan fingerprint density at radius 2 is 1.58 bits per heavy atom. The Kier molecular flexibility index (Phi) is 6.81. The summed E-state index contributed by atoms with van der Waals surface area (Å²) in [4.78, 5) is 16.9. The van der Waals surface area contributed by atoms with Gasteiger partial charge in [0.1, 0.15) is 0 Å². The fourth-order valence-corrected chi connectivity index (χ4v) is 3.43. The summed E-state index contributed by atoms with van der Waals surface area (Å²) >= 11 is 0. The SMILES string of the molecule is Cc1ccccc1CCNC(=O)CN1CCN(Cc2ccccc2)CC1. The smallest absolute Gasteiger partial charge is 0.234 e. The van der Waals surface area contributed by atoms with Gasteiger partial charge < -0.3 is 5.32 Å². The van der Waals surface area contributed by atoms with E-state index in [9.17, 15) is 4.79 Å². The number of rotatable bonds is 7. The molecule has 1 amide bonds. The summed E-state index contributed by atoms with van der Waals surface area (Å²) in [6.45, 7) is 8.28. The molecule has 1 N–H and O–H groups in total. The van der Waals surface area contributed by atoms with Crippen molar-refractivity contribution in [3.63, 3.8) is 0 Å². The summed E-state index contributed by atoms with van der Waals surface area (Å²) in [7, 11) is 0. The first-order valence-electron chi connectivity index (χ1n) is 9.50. The summed E-state index contributed by atoms with van der Waals surface area (Å²) in [6.07, 6.45) is 0.892. The van der Waals surface area contributed by atoms with Crippen molar-refractivity contribution in [1.82, 2.24) is 15.1 Å². The van der Waals surface area contributed by atoms with Gasteiger partial charge in [-0.3, -0.25) is 14.6 Å². The molecule has 0 unspecified atom stereocenters. The van der Waals surface area contributed by atoms with Crippen LogP contribution in [0.15, 0.2) is 54.6 Å². The van der Waals surface area contributed by atoms with Crippen molar-refractivity contribution in [2.75, 3.05) is 39.3 Å². The van der Waals surface area contributed by atoms with E-state index in [1.807, 2.05) is 0 Å². The van der Waals surface area contributed by atoms with Crippen LogP contribution in [-0.4, -0.2) is 55.0 Å². The van der Waals surface area contributed by atoms with Gasteiger partial charge in [0.2, 0.25) is 5.91 Å². The maximum Gasteiger partial charge on any atom is 0.234 e. The Hall–Kier alpha value is -2.17. The first kappa shape index (κ1) is 18.6. The minimum absolute atomic E-state index is 0.134. The van der Waals surface area contributed by atoms with Crippen molar-refractivity contribution in [3.8, 4) is 0 Å². The average molecular weight is 351 g/mol. The van der Waals surface area contributed by atoms with Crippen LogP contribution < -0.4 is 5.32 Å². The normalized spacial score (nSPS) is 15.7. The second kappa shape index (κ2) is 9.51. The number of nitrogens with one attached hydrogen (secondary N) is 1. The largest absolute Gasteiger partial charge is 0.355 e. The van der Waals surface area contributed by atoms with Gasteiger partial charge in [-0.05, 0) is 30.0 Å². The summed E-state index contributed by atoms with van der Waals surface area (Å²) in [6, 6.07) is 18.9. The van der Waals surface area contributed by atoms with Crippen molar-refractivity contribution in [2.24, 2.45) is 0 Å². The van der Waals surface area contributed by atoms with Crippen LogP contribution in [0.2, 0.25) is 0 Å². The Balaban J connectivity index is 1.34. The molecule has 1 saturated heterocycles. The van der Waals surface area contributed by atoms with E-state index in [1.54, 1.807) is 0 Å². The standard InChI is InChI=1S/C22H29N3O/c1-19-7-5-6-10-21(19)11-12-23-22(26)18-25-15-13-24(14-16-25)17-20-8-3-2-4-9-20/h2-10H,11-18H2,1H3,(H,23,26). The molecule has 138 valence electrons. The highest BCUT2D eigenvalue weighted by Crippen LogP contribution is 2.09. The summed E-state index contributed by atoms with van der Waals surface area (Å²) in [5.74, 6) is 0.134. The molecule has 1 heterocycles. The fourth-order valence-electron chi connectivity index (χ4n) is 3.43. The van der Waals surface area contributed by atoms with Gasteiger partial charge in [0.05, 0.1) is 6.54 Å². The van der Waals surface area contributed by atoms with E-state index in [0.29, 0.717) is 13.1 Å². The summed E-state index contributed by atoms with van der Waals surface area (Å²) < 4.78 is 0. The van der Waals surface area contributed by atoms with E-state index < -0.39 is 0 Å². The molecule has 4 heteroatoms. The zero-order valence-electron chi connectivity index (χ0n) is 15.7. The highest BCUT2D eigenvalue weighted by atomic mass is 16.2. The van der Waals surface area contributed by atoms with Gasteiger partial charge in [-0.25, -0.2) is 0 Å². The van der Waals surface area contributed by atoms with E-state index in [-0.39, 0.29) is 5.91 Å². The molecule has 1 fully saturated rings. The predicted octanol–water partition coefficient (Wildman–Crippen LogP) is 2.47. The number of hydrogen-bond acceptors (Lipinski definition) is 3. The lowest BCUT2D eigenvalue weighted by Crippen LogP contribution is -2.49. The van der Waals surface area contributed by atoms with Crippen LogP contribution >= 0.6 is 0 Å². The monoisotopic (exact) mass is 351 g/mol. The quantitative estimate of drug-likeness (QED) is 0.832. The second-order valence-electron chi connectivity index (χ2n) is 7.06. The Labute approximate surface area is 156 Å².